The Morgan fingerprint density at radius 2 is 1.91 bits per heavy atom. The maximum atomic E-state index is 13.0. The molecule has 1 aliphatic carbocycles. The SMILES string of the molecule is Nc1ccc2c(c1)NC(=O)C21c2ccccc2-c2oc(N)nc21. The van der Waals surface area contributed by atoms with Gasteiger partial charge in [-0.3, -0.25) is 4.79 Å². The molecule has 0 bridgehead atoms. The Morgan fingerprint density at radius 3 is 2.78 bits per heavy atom. The molecule has 1 aliphatic heterocycles. The van der Waals surface area contributed by atoms with Gasteiger partial charge in [-0.1, -0.05) is 30.3 Å². The number of rotatable bonds is 0. The van der Waals surface area contributed by atoms with E-state index in [9.17, 15) is 4.79 Å². The van der Waals surface area contributed by atoms with Crippen LogP contribution in [-0.4, -0.2) is 10.9 Å². The summed E-state index contributed by atoms with van der Waals surface area (Å²) in [7, 11) is 0. The van der Waals surface area contributed by atoms with E-state index in [1.54, 1.807) is 12.1 Å². The number of benzene rings is 2. The van der Waals surface area contributed by atoms with Crippen LogP contribution >= 0.6 is 0 Å². The van der Waals surface area contributed by atoms with Gasteiger partial charge in [0.05, 0.1) is 0 Å². The van der Waals surface area contributed by atoms with Gasteiger partial charge in [-0.2, -0.15) is 4.98 Å². The molecular weight excluding hydrogens is 292 g/mol. The van der Waals surface area contributed by atoms with Crippen LogP contribution in [0.5, 0.6) is 0 Å². The van der Waals surface area contributed by atoms with E-state index in [1.807, 2.05) is 30.3 Å². The zero-order chi connectivity index (χ0) is 15.8. The number of fused-ring (bicyclic) bond motifs is 7. The molecule has 1 amide bonds. The lowest BCUT2D eigenvalue weighted by molar-refractivity contribution is -0.118. The molecule has 23 heavy (non-hydrogen) atoms. The summed E-state index contributed by atoms with van der Waals surface area (Å²) in [6.07, 6.45) is 0. The maximum Gasteiger partial charge on any atom is 0.292 e. The van der Waals surface area contributed by atoms with Gasteiger partial charge in [0.15, 0.2) is 5.76 Å². The van der Waals surface area contributed by atoms with E-state index in [0.29, 0.717) is 22.8 Å². The quantitative estimate of drug-likeness (QED) is 0.551. The van der Waals surface area contributed by atoms with E-state index >= 15 is 0 Å². The third-order valence-corrected chi connectivity index (χ3v) is 4.61. The first-order valence-corrected chi connectivity index (χ1v) is 7.20. The molecule has 1 spiro atoms. The molecule has 0 fully saturated rings. The molecule has 6 heteroatoms. The number of oxazole rings is 1. The van der Waals surface area contributed by atoms with E-state index < -0.39 is 5.41 Å². The zero-order valence-corrected chi connectivity index (χ0v) is 12.0. The molecule has 112 valence electrons. The van der Waals surface area contributed by atoms with Gasteiger partial charge in [0, 0.05) is 22.5 Å². The number of carbonyl (C=O) groups excluding carboxylic acids is 1. The van der Waals surface area contributed by atoms with Crippen LogP contribution in [0.15, 0.2) is 46.9 Å². The summed E-state index contributed by atoms with van der Waals surface area (Å²) in [6.45, 7) is 0. The number of nitrogens with two attached hydrogens (primary N) is 2. The van der Waals surface area contributed by atoms with Gasteiger partial charge in [0.2, 0.25) is 5.91 Å². The number of nitrogens with one attached hydrogen (secondary N) is 1. The summed E-state index contributed by atoms with van der Waals surface area (Å²) in [5.74, 6) is 0.385. The number of anilines is 3. The van der Waals surface area contributed by atoms with Crippen LogP contribution in [0.3, 0.4) is 0 Å². The van der Waals surface area contributed by atoms with Gasteiger partial charge in [-0.15, -0.1) is 0 Å². The molecule has 2 heterocycles. The van der Waals surface area contributed by atoms with Crippen molar-refractivity contribution in [3.63, 3.8) is 0 Å². The molecule has 6 nitrogen and oxygen atoms in total. The second-order valence-corrected chi connectivity index (χ2v) is 5.78. The van der Waals surface area contributed by atoms with Gasteiger partial charge >= 0.3 is 0 Å². The Balaban J connectivity index is 1.95. The van der Waals surface area contributed by atoms with Crippen LogP contribution in [0.4, 0.5) is 17.4 Å². The molecule has 1 unspecified atom stereocenters. The maximum absolute atomic E-state index is 13.0. The summed E-state index contributed by atoms with van der Waals surface area (Å²) >= 11 is 0. The Hall–Kier alpha value is -3.28. The lowest BCUT2D eigenvalue weighted by Gasteiger charge is -2.22. The number of hydrogen-bond acceptors (Lipinski definition) is 5. The van der Waals surface area contributed by atoms with Crippen LogP contribution < -0.4 is 16.8 Å². The van der Waals surface area contributed by atoms with Gasteiger partial charge in [-0.25, -0.2) is 0 Å². The Morgan fingerprint density at radius 1 is 1.09 bits per heavy atom. The molecule has 0 saturated heterocycles. The molecule has 5 N–H and O–H groups in total. The van der Waals surface area contributed by atoms with E-state index in [-0.39, 0.29) is 11.9 Å². The lowest BCUT2D eigenvalue weighted by atomic mass is 9.75. The Labute approximate surface area is 131 Å². The van der Waals surface area contributed by atoms with Crippen molar-refractivity contribution in [3.05, 3.63) is 59.3 Å². The zero-order valence-electron chi connectivity index (χ0n) is 12.0. The first kappa shape index (κ1) is 12.3. The first-order valence-electron chi connectivity index (χ1n) is 7.20. The number of nitrogen functional groups attached to an aromatic ring is 2. The van der Waals surface area contributed by atoms with Crippen LogP contribution in [-0.2, 0) is 10.2 Å². The summed E-state index contributed by atoms with van der Waals surface area (Å²) in [5.41, 5.74) is 14.9. The standard InChI is InChI=1S/C17H12N4O2/c18-8-5-6-11-12(7-8)20-15(22)17(11)10-4-2-1-3-9(10)13-14(17)21-16(19)23-13/h1-7H,18H2,(H2,19,21)(H,20,22). The van der Waals surface area contributed by atoms with Crippen LogP contribution in [0.2, 0.25) is 0 Å². The summed E-state index contributed by atoms with van der Waals surface area (Å²) in [4.78, 5) is 17.4. The molecule has 0 radical (unpaired) electrons. The summed E-state index contributed by atoms with van der Waals surface area (Å²) in [6, 6.07) is 13.1. The van der Waals surface area contributed by atoms with Crippen molar-refractivity contribution in [2.75, 3.05) is 16.8 Å². The molecule has 3 aromatic rings. The molecule has 2 aliphatic rings. The average molecular weight is 304 g/mol. The highest BCUT2D eigenvalue weighted by Crippen LogP contribution is 2.57. The molecule has 2 aromatic carbocycles. The van der Waals surface area contributed by atoms with Crippen LogP contribution in [0, 0.1) is 0 Å². The minimum absolute atomic E-state index is 0.0561. The van der Waals surface area contributed by atoms with Crippen molar-refractivity contribution < 1.29 is 9.21 Å². The number of nitrogens with zero attached hydrogens (tertiary/aromatic N) is 1. The fourth-order valence-corrected chi connectivity index (χ4v) is 3.74. The van der Waals surface area contributed by atoms with E-state index in [4.69, 9.17) is 15.9 Å². The Bertz CT molecular complexity index is 1010. The predicted molar refractivity (Wildman–Crippen MR) is 85.7 cm³/mol. The monoisotopic (exact) mass is 304 g/mol. The van der Waals surface area contributed by atoms with E-state index in [2.05, 4.69) is 10.3 Å². The normalized spacial score (nSPS) is 20.3. The van der Waals surface area contributed by atoms with Crippen LogP contribution in [0.1, 0.15) is 16.8 Å². The summed E-state index contributed by atoms with van der Waals surface area (Å²) in [5, 5.41) is 2.92. The molecule has 1 atom stereocenters. The second kappa shape index (κ2) is 3.73. The van der Waals surface area contributed by atoms with Crippen molar-refractivity contribution >= 4 is 23.3 Å². The predicted octanol–water partition coefficient (Wildman–Crippen LogP) is 2.11. The van der Waals surface area contributed by atoms with Crippen molar-refractivity contribution in [1.82, 2.24) is 4.98 Å². The van der Waals surface area contributed by atoms with Crippen molar-refractivity contribution in [3.8, 4) is 11.3 Å². The fraction of sp³-hybridized carbons (Fsp3) is 0.0588. The number of carbonyl (C=O) groups is 1. The molecule has 1 aromatic heterocycles. The topological polar surface area (TPSA) is 107 Å². The summed E-state index contributed by atoms with van der Waals surface area (Å²) < 4.78 is 5.59. The van der Waals surface area contributed by atoms with Crippen LogP contribution in [0.25, 0.3) is 11.3 Å². The van der Waals surface area contributed by atoms with Crippen molar-refractivity contribution in [2.45, 2.75) is 5.41 Å². The smallest absolute Gasteiger partial charge is 0.292 e. The molecule has 5 rings (SSSR count). The van der Waals surface area contributed by atoms with Crippen molar-refractivity contribution in [1.29, 1.82) is 0 Å². The van der Waals surface area contributed by atoms with Gasteiger partial charge < -0.3 is 21.2 Å². The number of amides is 1. The largest absolute Gasteiger partial charge is 0.423 e. The first-order chi connectivity index (χ1) is 11.1. The molecule has 0 saturated carbocycles. The second-order valence-electron chi connectivity index (χ2n) is 5.78. The van der Waals surface area contributed by atoms with E-state index in [1.165, 1.54) is 0 Å². The minimum atomic E-state index is -1.03. The van der Waals surface area contributed by atoms with Crippen molar-refractivity contribution in [2.24, 2.45) is 0 Å². The molecular formula is C17H12N4O2. The third kappa shape index (κ3) is 1.25. The highest BCUT2D eigenvalue weighted by molar-refractivity contribution is 6.14. The average Bonchev–Trinajstić information content (AvgIpc) is 3.12. The van der Waals surface area contributed by atoms with Gasteiger partial charge in [-0.05, 0) is 17.7 Å². The minimum Gasteiger partial charge on any atom is -0.423 e. The highest BCUT2D eigenvalue weighted by atomic mass is 16.4. The van der Waals surface area contributed by atoms with E-state index in [0.717, 1.165) is 16.7 Å². The highest BCUT2D eigenvalue weighted by Gasteiger charge is 2.58. The fourth-order valence-electron chi connectivity index (χ4n) is 3.74. The number of aromatic nitrogens is 1. The Kier molecular flexibility index (Phi) is 1.99. The lowest BCUT2D eigenvalue weighted by Crippen LogP contribution is -2.35. The third-order valence-electron chi connectivity index (χ3n) is 4.61. The van der Waals surface area contributed by atoms with Gasteiger partial charge in [0.25, 0.3) is 6.01 Å². The van der Waals surface area contributed by atoms with Gasteiger partial charge in [0.1, 0.15) is 11.1 Å². The number of hydrogen-bond donors (Lipinski definition) is 3.